The van der Waals surface area contributed by atoms with Crippen LogP contribution in [-0.2, 0) is 24.8 Å². The number of fused-ring (bicyclic) bond motifs is 2. The zero-order valence-corrected chi connectivity index (χ0v) is 17.3. The van der Waals surface area contributed by atoms with Gasteiger partial charge >= 0.3 is 0 Å². The predicted octanol–water partition coefficient (Wildman–Crippen LogP) is 2.64. The second-order valence-corrected chi connectivity index (χ2v) is 7.52. The van der Waals surface area contributed by atoms with Crippen LogP contribution >= 0.6 is 0 Å². The maximum Gasteiger partial charge on any atom is 0.275 e. The number of nitrogens with zero attached hydrogens (tertiary/aromatic N) is 3. The number of hydrogen-bond donors (Lipinski definition) is 1. The molecule has 0 bridgehead atoms. The van der Waals surface area contributed by atoms with Crippen molar-refractivity contribution in [3.05, 3.63) is 70.8 Å². The molecule has 1 unspecified atom stereocenters. The van der Waals surface area contributed by atoms with Crippen molar-refractivity contribution in [3.8, 4) is 5.75 Å². The first-order valence-corrected chi connectivity index (χ1v) is 9.82. The molecular weight excluding hydrogens is 380 g/mol. The summed E-state index contributed by atoms with van der Waals surface area (Å²) in [5, 5.41) is 9.52. The van der Waals surface area contributed by atoms with E-state index in [9.17, 15) is 9.59 Å². The van der Waals surface area contributed by atoms with Crippen LogP contribution in [0.3, 0.4) is 0 Å². The van der Waals surface area contributed by atoms with Crippen molar-refractivity contribution in [1.82, 2.24) is 19.7 Å². The zero-order valence-electron chi connectivity index (χ0n) is 17.3. The van der Waals surface area contributed by atoms with Gasteiger partial charge in [0.15, 0.2) is 0 Å². The lowest BCUT2D eigenvalue weighted by Gasteiger charge is -2.14. The van der Waals surface area contributed by atoms with Crippen LogP contribution in [0.25, 0.3) is 21.7 Å². The van der Waals surface area contributed by atoms with Crippen LogP contribution in [0.4, 0.5) is 0 Å². The Morgan fingerprint density at radius 2 is 2.00 bits per heavy atom. The summed E-state index contributed by atoms with van der Waals surface area (Å²) in [6.07, 6.45) is 4.34. The van der Waals surface area contributed by atoms with Crippen molar-refractivity contribution < 1.29 is 9.53 Å². The molecule has 4 aromatic rings. The van der Waals surface area contributed by atoms with E-state index in [-0.39, 0.29) is 24.1 Å². The van der Waals surface area contributed by atoms with Crippen molar-refractivity contribution in [1.29, 1.82) is 0 Å². The van der Waals surface area contributed by atoms with Crippen LogP contribution < -0.4 is 15.6 Å². The number of carbonyl (C=O) groups is 1. The highest BCUT2D eigenvalue weighted by Gasteiger charge is 2.15. The van der Waals surface area contributed by atoms with Crippen LogP contribution in [0.5, 0.6) is 5.75 Å². The summed E-state index contributed by atoms with van der Waals surface area (Å²) in [5.41, 5.74) is 1.97. The first-order valence-electron chi connectivity index (χ1n) is 9.82. The average molecular weight is 404 g/mol. The Hall–Kier alpha value is -3.61. The van der Waals surface area contributed by atoms with Gasteiger partial charge in [-0.3, -0.25) is 9.59 Å². The van der Waals surface area contributed by atoms with E-state index < -0.39 is 0 Å². The summed E-state index contributed by atoms with van der Waals surface area (Å²) < 4.78 is 8.61. The lowest BCUT2D eigenvalue weighted by Crippen LogP contribution is -2.39. The van der Waals surface area contributed by atoms with Gasteiger partial charge in [-0.2, -0.15) is 5.10 Å². The molecular formula is C23H24N4O3. The van der Waals surface area contributed by atoms with Gasteiger partial charge in [0.1, 0.15) is 12.3 Å². The van der Waals surface area contributed by atoms with Crippen molar-refractivity contribution in [2.45, 2.75) is 25.9 Å². The van der Waals surface area contributed by atoms with E-state index in [0.29, 0.717) is 11.8 Å². The Bertz CT molecular complexity index is 1290. The summed E-state index contributed by atoms with van der Waals surface area (Å²) in [4.78, 5) is 25.1. The van der Waals surface area contributed by atoms with Crippen molar-refractivity contribution in [3.63, 3.8) is 0 Å². The van der Waals surface area contributed by atoms with E-state index in [1.807, 2.05) is 44.3 Å². The molecule has 4 rings (SSSR count). The molecule has 0 saturated heterocycles. The van der Waals surface area contributed by atoms with E-state index in [2.05, 4.69) is 21.2 Å². The molecule has 0 fully saturated rings. The summed E-state index contributed by atoms with van der Waals surface area (Å²) in [5.74, 6) is 0.554. The van der Waals surface area contributed by atoms with Crippen LogP contribution in [-0.4, -0.2) is 33.4 Å². The second kappa shape index (κ2) is 8.02. The largest absolute Gasteiger partial charge is 0.497 e. The molecule has 1 amide bonds. The number of methoxy groups -OCH3 is 1. The minimum Gasteiger partial charge on any atom is -0.497 e. The number of aromatic nitrogens is 3. The SMILES string of the molecule is COc1ccc2c(c1)c(CC(C)NC(=O)Cn1ncc3ccccc3c1=O)cn2C. The highest BCUT2D eigenvalue weighted by molar-refractivity contribution is 5.85. The number of aryl methyl sites for hydroxylation is 1. The van der Waals surface area contributed by atoms with Gasteiger partial charge < -0.3 is 14.6 Å². The minimum absolute atomic E-state index is 0.106. The van der Waals surface area contributed by atoms with Gasteiger partial charge in [-0.1, -0.05) is 18.2 Å². The Kier molecular flexibility index (Phi) is 5.27. The van der Waals surface area contributed by atoms with Gasteiger partial charge in [-0.25, -0.2) is 4.68 Å². The van der Waals surface area contributed by atoms with Crippen LogP contribution in [0, 0.1) is 0 Å². The molecule has 0 spiro atoms. The predicted molar refractivity (Wildman–Crippen MR) is 117 cm³/mol. The Morgan fingerprint density at radius 3 is 2.80 bits per heavy atom. The maximum atomic E-state index is 12.6. The summed E-state index contributed by atoms with van der Waals surface area (Å²) >= 11 is 0. The number of benzene rings is 2. The lowest BCUT2D eigenvalue weighted by molar-refractivity contribution is -0.122. The first kappa shape index (κ1) is 19.7. The van der Waals surface area contributed by atoms with Gasteiger partial charge in [0.2, 0.25) is 5.91 Å². The van der Waals surface area contributed by atoms with Crippen LogP contribution in [0.15, 0.2) is 59.7 Å². The van der Waals surface area contributed by atoms with Gasteiger partial charge in [0.25, 0.3) is 5.56 Å². The van der Waals surface area contributed by atoms with Gasteiger partial charge in [-0.15, -0.1) is 0 Å². The Labute approximate surface area is 173 Å². The molecule has 154 valence electrons. The molecule has 2 aromatic heterocycles. The van der Waals surface area contributed by atoms with E-state index in [4.69, 9.17) is 4.74 Å². The standard InChI is InChI=1S/C23H24N4O3/c1-15(10-17-13-26(2)21-9-8-18(30-3)11-20(17)21)25-22(28)14-27-23(29)19-7-5-4-6-16(19)12-24-27/h4-9,11-13,15H,10,14H2,1-3H3,(H,25,28). The number of nitrogens with one attached hydrogen (secondary N) is 1. The number of carbonyl (C=O) groups excluding carboxylic acids is 1. The molecule has 2 aromatic carbocycles. The van der Waals surface area contributed by atoms with Gasteiger partial charge in [0.05, 0.1) is 18.7 Å². The molecule has 7 nitrogen and oxygen atoms in total. The number of ether oxygens (including phenoxy) is 1. The second-order valence-electron chi connectivity index (χ2n) is 7.52. The Balaban J connectivity index is 1.48. The molecule has 0 aliphatic heterocycles. The molecule has 1 atom stereocenters. The topological polar surface area (TPSA) is 78.2 Å². The van der Waals surface area contributed by atoms with Crippen LogP contribution in [0.1, 0.15) is 12.5 Å². The minimum atomic E-state index is -0.267. The van der Waals surface area contributed by atoms with E-state index >= 15 is 0 Å². The number of amides is 1. The molecule has 0 aliphatic rings. The van der Waals surface area contributed by atoms with E-state index in [1.54, 1.807) is 25.4 Å². The molecule has 2 heterocycles. The van der Waals surface area contributed by atoms with Crippen molar-refractivity contribution in [2.24, 2.45) is 7.05 Å². The summed E-state index contributed by atoms with van der Waals surface area (Å²) in [6, 6.07) is 13.1. The molecule has 0 saturated carbocycles. The average Bonchev–Trinajstić information content (AvgIpc) is 3.04. The summed E-state index contributed by atoms with van der Waals surface area (Å²) in [7, 11) is 3.65. The molecule has 0 radical (unpaired) electrons. The summed E-state index contributed by atoms with van der Waals surface area (Å²) in [6.45, 7) is 1.84. The first-order chi connectivity index (χ1) is 14.5. The third-order valence-corrected chi connectivity index (χ3v) is 5.27. The molecule has 30 heavy (non-hydrogen) atoms. The fraction of sp³-hybridized carbons (Fsp3) is 0.261. The number of rotatable bonds is 6. The quantitative estimate of drug-likeness (QED) is 0.536. The highest BCUT2D eigenvalue weighted by Crippen LogP contribution is 2.26. The van der Waals surface area contributed by atoms with Gasteiger partial charge in [-0.05, 0) is 43.2 Å². The zero-order chi connectivity index (χ0) is 21.3. The third-order valence-electron chi connectivity index (χ3n) is 5.27. The highest BCUT2D eigenvalue weighted by atomic mass is 16.5. The normalized spacial score (nSPS) is 12.2. The number of hydrogen-bond acceptors (Lipinski definition) is 4. The molecule has 0 aliphatic carbocycles. The van der Waals surface area contributed by atoms with Crippen LogP contribution in [0.2, 0.25) is 0 Å². The smallest absolute Gasteiger partial charge is 0.275 e. The fourth-order valence-corrected chi connectivity index (χ4v) is 3.82. The molecule has 7 heteroatoms. The lowest BCUT2D eigenvalue weighted by atomic mass is 10.1. The van der Waals surface area contributed by atoms with E-state index in [1.165, 1.54) is 4.68 Å². The van der Waals surface area contributed by atoms with Gasteiger partial charge in [0, 0.05) is 35.6 Å². The Morgan fingerprint density at radius 1 is 1.20 bits per heavy atom. The maximum absolute atomic E-state index is 12.6. The third kappa shape index (κ3) is 3.78. The van der Waals surface area contributed by atoms with Crippen molar-refractivity contribution >= 4 is 27.6 Å². The fourth-order valence-electron chi connectivity index (χ4n) is 3.82. The van der Waals surface area contributed by atoms with E-state index in [0.717, 1.165) is 27.6 Å². The van der Waals surface area contributed by atoms with Crippen molar-refractivity contribution in [2.75, 3.05) is 7.11 Å². The monoisotopic (exact) mass is 404 g/mol. The molecule has 1 N–H and O–H groups in total.